The van der Waals surface area contributed by atoms with Crippen molar-refractivity contribution in [1.29, 1.82) is 0 Å². The zero-order valence-electron chi connectivity index (χ0n) is 13.9. The molecule has 0 amide bonds. The Morgan fingerprint density at radius 2 is 1.33 bits per heavy atom. The highest BCUT2D eigenvalue weighted by Gasteiger charge is 2.18. The first-order valence-corrected chi connectivity index (χ1v) is 7.64. The third-order valence-corrected chi connectivity index (χ3v) is 4.09. The van der Waals surface area contributed by atoms with Gasteiger partial charge in [-0.05, 0) is 40.1 Å². The summed E-state index contributed by atoms with van der Waals surface area (Å²) in [5.74, 6) is 1.55. The molecule has 0 aliphatic heterocycles. The van der Waals surface area contributed by atoms with E-state index in [1.807, 2.05) is 42.5 Å². The van der Waals surface area contributed by atoms with E-state index < -0.39 is 6.10 Å². The number of hydrogen-bond donors (Lipinski definition) is 1. The Bertz CT molecular complexity index is 832. The van der Waals surface area contributed by atoms with E-state index >= 15 is 0 Å². The molecule has 3 aromatic rings. The van der Waals surface area contributed by atoms with Gasteiger partial charge in [-0.25, -0.2) is 0 Å². The number of fused-ring (bicyclic) bond motifs is 1. The SMILES string of the molecule is COc1cc([C@@H](O)c2ccc3ccccc3c2)cc(OC)c1OC. The first-order chi connectivity index (χ1) is 11.7. The summed E-state index contributed by atoms with van der Waals surface area (Å²) in [5, 5.41) is 13.0. The second-order valence-corrected chi connectivity index (χ2v) is 5.47. The summed E-state index contributed by atoms with van der Waals surface area (Å²) in [6.45, 7) is 0. The van der Waals surface area contributed by atoms with Crippen LogP contribution in [0.4, 0.5) is 0 Å². The molecule has 0 spiro atoms. The van der Waals surface area contributed by atoms with Crippen LogP contribution in [0.3, 0.4) is 0 Å². The quantitative estimate of drug-likeness (QED) is 0.772. The summed E-state index contributed by atoms with van der Waals surface area (Å²) < 4.78 is 16.0. The smallest absolute Gasteiger partial charge is 0.203 e. The van der Waals surface area contributed by atoms with Gasteiger partial charge in [0.15, 0.2) is 11.5 Å². The lowest BCUT2D eigenvalue weighted by molar-refractivity contribution is 0.218. The van der Waals surface area contributed by atoms with Crippen molar-refractivity contribution in [2.24, 2.45) is 0 Å². The molecular formula is C20H20O4. The fraction of sp³-hybridized carbons (Fsp3) is 0.200. The van der Waals surface area contributed by atoms with Gasteiger partial charge in [0.05, 0.1) is 21.3 Å². The van der Waals surface area contributed by atoms with E-state index in [0.717, 1.165) is 16.3 Å². The lowest BCUT2D eigenvalue weighted by Gasteiger charge is -2.17. The largest absolute Gasteiger partial charge is 0.493 e. The monoisotopic (exact) mass is 324 g/mol. The van der Waals surface area contributed by atoms with Gasteiger partial charge in [0.2, 0.25) is 5.75 Å². The molecule has 1 atom stereocenters. The molecule has 0 aromatic heterocycles. The summed E-state index contributed by atoms with van der Waals surface area (Å²) in [7, 11) is 4.67. The maximum Gasteiger partial charge on any atom is 0.203 e. The van der Waals surface area contributed by atoms with Crippen LogP contribution in [0.15, 0.2) is 54.6 Å². The fourth-order valence-electron chi connectivity index (χ4n) is 2.83. The lowest BCUT2D eigenvalue weighted by atomic mass is 9.98. The molecule has 0 aliphatic rings. The van der Waals surface area contributed by atoms with Gasteiger partial charge in [0.25, 0.3) is 0 Å². The Morgan fingerprint density at radius 3 is 1.92 bits per heavy atom. The minimum absolute atomic E-state index is 0.509. The summed E-state index contributed by atoms with van der Waals surface area (Å²) >= 11 is 0. The number of benzene rings is 3. The van der Waals surface area contributed by atoms with Crippen molar-refractivity contribution >= 4 is 10.8 Å². The van der Waals surface area contributed by atoms with Gasteiger partial charge in [-0.3, -0.25) is 0 Å². The van der Waals surface area contributed by atoms with Crippen LogP contribution in [0.25, 0.3) is 10.8 Å². The minimum Gasteiger partial charge on any atom is -0.493 e. The molecule has 4 nitrogen and oxygen atoms in total. The van der Waals surface area contributed by atoms with Gasteiger partial charge in [-0.15, -0.1) is 0 Å². The molecule has 0 radical (unpaired) electrons. The van der Waals surface area contributed by atoms with Crippen LogP contribution in [-0.2, 0) is 0 Å². The predicted octanol–water partition coefficient (Wildman–Crippen LogP) is 3.95. The topological polar surface area (TPSA) is 47.9 Å². The second-order valence-electron chi connectivity index (χ2n) is 5.47. The number of aliphatic hydroxyl groups is 1. The zero-order chi connectivity index (χ0) is 17.1. The normalized spacial score (nSPS) is 12.0. The molecule has 24 heavy (non-hydrogen) atoms. The van der Waals surface area contributed by atoms with Crippen LogP contribution in [0.2, 0.25) is 0 Å². The molecule has 0 fully saturated rings. The van der Waals surface area contributed by atoms with Crippen molar-refractivity contribution in [2.75, 3.05) is 21.3 Å². The standard InChI is InChI=1S/C20H20O4/c1-22-17-11-16(12-18(23-2)20(17)24-3)19(21)15-9-8-13-6-4-5-7-14(13)10-15/h4-12,19,21H,1-3H3/t19-/m0/s1. The second kappa shape index (κ2) is 6.81. The molecule has 124 valence electrons. The highest BCUT2D eigenvalue weighted by molar-refractivity contribution is 5.83. The van der Waals surface area contributed by atoms with E-state index in [1.54, 1.807) is 33.5 Å². The first kappa shape index (κ1) is 16.1. The van der Waals surface area contributed by atoms with Crippen molar-refractivity contribution in [3.63, 3.8) is 0 Å². The molecule has 0 aliphatic carbocycles. The van der Waals surface area contributed by atoms with E-state index in [4.69, 9.17) is 14.2 Å². The molecule has 0 unspecified atom stereocenters. The van der Waals surface area contributed by atoms with Gasteiger partial charge in [0.1, 0.15) is 6.10 Å². The van der Waals surface area contributed by atoms with Gasteiger partial charge < -0.3 is 19.3 Å². The molecule has 0 saturated heterocycles. The zero-order valence-corrected chi connectivity index (χ0v) is 13.9. The van der Waals surface area contributed by atoms with Crippen molar-refractivity contribution in [3.05, 3.63) is 65.7 Å². The highest BCUT2D eigenvalue weighted by Crippen LogP contribution is 2.40. The third-order valence-electron chi connectivity index (χ3n) is 4.09. The van der Waals surface area contributed by atoms with Gasteiger partial charge in [-0.2, -0.15) is 0 Å². The van der Waals surface area contributed by atoms with Crippen molar-refractivity contribution in [1.82, 2.24) is 0 Å². The maximum atomic E-state index is 10.8. The first-order valence-electron chi connectivity index (χ1n) is 7.64. The van der Waals surface area contributed by atoms with Crippen LogP contribution in [0, 0.1) is 0 Å². The van der Waals surface area contributed by atoms with E-state index in [2.05, 4.69) is 0 Å². The Labute approximate surface area is 141 Å². The Morgan fingerprint density at radius 1 is 0.708 bits per heavy atom. The number of methoxy groups -OCH3 is 3. The molecule has 0 heterocycles. The number of aliphatic hydroxyl groups excluding tert-OH is 1. The lowest BCUT2D eigenvalue weighted by Crippen LogP contribution is -2.03. The van der Waals surface area contributed by atoms with Crippen LogP contribution < -0.4 is 14.2 Å². The molecule has 1 N–H and O–H groups in total. The fourth-order valence-corrected chi connectivity index (χ4v) is 2.83. The molecule has 4 heteroatoms. The molecule has 0 bridgehead atoms. The van der Waals surface area contributed by atoms with E-state index in [0.29, 0.717) is 22.8 Å². The van der Waals surface area contributed by atoms with E-state index in [1.165, 1.54) is 0 Å². The minimum atomic E-state index is -0.789. The summed E-state index contributed by atoms with van der Waals surface area (Å²) in [5.41, 5.74) is 1.49. The highest BCUT2D eigenvalue weighted by atomic mass is 16.5. The number of rotatable bonds is 5. The van der Waals surface area contributed by atoms with Crippen molar-refractivity contribution < 1.29 is 19.3 Å². The van der Waals surface area contributed by atoms with Crippen LogP contribution in [0.1, 0.15) is 17.2 Å². The average molecular weight is 324 g/mol. The molecule has 0 saturated carbocycles. The molecule has 3 rings (SSSR count). The number of hydrogen-bond acceptors (Lipinski definition) is 4. The summed E-state index contributed by atoms with van der Waals surface area (Å²) in [4.78, 5) is 0. The van der Waals surface area contributed by atoms with Crippen LogP contribution in [-0.4, -0.2) is 26.4 Å². The number of ether oxygens (including phenoxy) is 3. The Hall–Kier alpha value is -2.72. The van der Waals surface area contributed by atoms with Crippen LogP contribution >= 0.6 is 0 Å². The maximum absolute atomic E-state index is 10.8. The van der Waals surface area contributed by atoms with Crippen molar-refractivity contribution in [3.8, 4) is 17.2 Å². The van der Waals surface area contributed by atoms with E-state index in [9.17, 15) is 5.11 Å². The average Bonchev–Trinajstić information content (AvgIpc) is 2.65. The van der Waals surface area contributed by atoms with Crippen LogP contribution in [0.5, 0.6) is 17.2 Å². The van der Waals surface area contributed by atoms with Crippen molar-refractivity contribution in [2.45, 2.75) is 6.10 Å². The van der Waals surface area contributed by atoms with Gasteiger partial charge in [-0.1, -0.05) is 36.4 Å². The summed E-state index contributed by atoms with van der Waals surface area (Å²) in [6.07, 6.45) is -0.789. The molecular weight excluding hydrogens is 304 g/mol. The Balaban J connectivity index is 2.06. The van der Waals surface area contributed by atoms with Gasteiger partial charge >= 0.3 is 0 Å². The third kappa shape index (κ3) is 2.88. The predicted molar refractivity (Wildman–Crippen MR) is 94.1 cm³/mol. The summed E-state index contributed by atoms with van der Waals surface area (Å²) in [6, 6.07) is 17.5. The Kier molecular flexibility index (Phi) is 4.58. The molecule has 3 aromatic carbocycles. The van der Waals surface area contributed by atoms with E-state index in [-0.39, 0.29) is 0 Å². The van der Waals surface area contributed by atoms with Gasteiger partial charge in [0, 0.05) is 0 Å².